The molecule has 0 fully saturated rings. The summed E-state index contributed by atoms with van der Waals surface area (Å²) in [6.45, 7) is 6.62. The summed E-state index contributed by atoms with van der Waals surface area (Å²) in [7, 11) is 0. The van der Waals surface area contributed by atoms with Crippen LogP contribution >= 0.6 is 0 Å². The maximum absolute atomic E-state index is 11.1. The van der Waals surface area contributed by atoms with E-state index in [1.54, 1.807) is 39.8 Å². The van der Waals surface area contributed by atoms with Gasteiger partial charge >= 0.3 is 11.9 Å². The van der Waals surface area contributed by atoms with E-state index in [0.29, 0.717) is 11.1 Å². The van der Waals surface area contributed by atoms with Crippen molar-refractivity contribution in [2.75, 3.05) is 0 Å². The molecule has 0 unspecified atom stereocenters. The Labute approximate surface area is 78.1 Å². The maximum atomic E-state index is 11.1. The second-order valence-corrected chi connectivity index (χ2v) is 2.62. The predicted molar refractivity (Wildman–Crippen MR) is 50.0 cm³/mol. The van der Waals surface area contributed by atoms with Crippen molar-refractivity contribution in [3.63, 3.8) is 0 Å². The average molecular weight is 182 g/mol. The van der Waals surface area contributed by atoms with Crippen molar-refractivity contribution in [1.29, 1.82) is 0 Å². The molecule has 3 nitrogen and oxygen atoms in total. The molecule has 0 atom stereocenters. The molecule has 0 rings (SSSR count). The Morgan fingerprint density at radius 2 is 1.23 bits per heavy atom. The summed E-state index contributed by atoms with van der Waals surface area (Å²) >= 11 is 0. The van der Waals surface area contributed by atoms with Crippen molar-refractivity contribution in [2.24, 2.45) is 0 Å². The van der Waals surface area contributed by atoms with Gasteiger partial charge in [-0.15, -0.1) is 0 Å². The number of ether oxygens (including phenoxy) is 1. The second kappa shape index (κ2) is 5.30. The zero-order chi connectivity index (χ0) is 10.4. The first-order valence-corrected chi connectivity index (χ1v) is 4.05. The zero-order valence-corrected chi connectivity index (χ0v) is 8.38. The van der Waals surface area contributed by atoms with Gasteiger partial charge in [-0.3, -0.25) is 0 Å². The molecular weight excluding hydrogens is 168 g/mol. The molecule has 0 saturated carbocycles. The maximum Gasteiger partial charge on any atom is 0.341 e. The topological polar surface area (TPSA) is 43.4 Å². The molecule has 0 N–H and O–H groups in total. The summed E-state index contributed by atoms with van der Waals surface area (Å²) in [5.41, 5.74) is 0.856. The van der Waals surface area contributed by atoms with Crippen LogP contribution in [0.3, 0.4) is 0 Å². The molecule has 0 aromatic heterocycles. The van der Waals surface area contributed by atoms with Crippen molar-refractivity contribution in [2.45, 2.75) is 27.7 Å². The lowest BCUT2D eigenvalue weighted by atomic mass is 10.3. The van der Waals surface area contributed by atoms with E-state index in [1.165, 1.54) is 0 Å². The summed E-state index contributed by atoms with van der Waals surface area (Å²) in [5.74, 6) is -1.18. The van der Waals surface area contributed by atoms with Crippen molar-refractivity contribution in [3.05, 3.63) is 23.3 Å². The molecule has 0 aliphatic carbocycles. The number of rotatable bonds is 2. The highest BCUT2D eigenvalue weighted by molar-refractivity contribution is 6.01. The molecule has 0 heterocycles. The molecule has 0 radical (unpaired) electrons. The first kappa shape index (κ1) is 11.6. The summed E-state index contributed by atoms with van der Waals surface area (Å²) in [4.78, 5) is 22.1. The number of hydrogen-bond acceptors (Lipinski definition) is 3. The molecule has 0 bridgehead atoms. The van der Waals surface area contributed by atoms with Crippen molar-refractivity contribution in [3.8, 4) is 0 Å². The first-order valence-electron chi connectivity index (χ1n) is 4.05. The minimum atomic E-state index is -0.589. The van der Waals surface area contributed by atoms with Gasteiger partial charge in [0.15, 0.2) is 0 Å². The van der Waals surface area contributed by atoms with Crippen molar-refractivity contribution >= 4 is 11.9 Å². The lowest BCUT2D eigenvalue weighted by molar-refractivity contribution is -0.153. The SMILES string of the molecule is C/C=C(\C)C(=O)OC(=O)/C(C)=C/C. The van der Waals surface area contributed by atoms with Crippen LogP contribution in [0, 0.1) is 0 Å². The van der Waals surface area contributed by atoms with Crippen molar-refractivity contribution < 1.29 is 14.3 Å². The lowest BCUT2D eigenvalue weighted by Crippen LogP contribution is -2.13. The number of carbonyl (C=O) groups is 2. The van der Waals surface area contributed by atoms with Gasteiger partial charge in [0.25, 0.3) is 0 Å². The van der Waals surface area contributed by atoms with Gasteiger partial charge in [0.2, 0.25) is 0 Å². The molecule has 0 aliphatic heterocycles. The fraction of sp³-hybridized carbons (Fsp3) is 0.400. The summed E-state index contributed by atoms with van der Waals surface area (Å²) in [5, 5.41) is 0. The number of hydrogen-bond donors (Lipinski definition) is 0. The minimum absolute atomic E-state index is 0.428. The van der Waals surface area contributed by atoms with Gasteiger partial charge in [-0.05, 0) is 27.7 Å². The summed E-state index contributed by atoms with van der Waals surface area (Å²) in [6, 6.07) is 0. The van der Waals surface area contributed by atoms with E-state index in [4.69, 9.17) is 0 Å². The fourth-order valence-corrected chi connectivity index (χ4v) is 0.481. The Balaban J connectivity index is 4.32. The van der Waals surface area contributed by atoms with Crippen LogP contribution in [0.5, 0.6) is 0 Å². The largest absolute Gasteiger partial charge is 0.386 e. The standard InChI is InChI=1S/C10H14O3/c1-5-7(3)9(11)13-10(12)8(4)6-2/h5-6H,1-4H3/b7-5+,8-6+. The Kier molecular flexibility index (Phi) is 4.74. The van der Waals surface area contributed by atoms with Crippen LogP contribution in [0.2, 0.25) is 0 Å². The van der Waals surface area contributed by atoms with Crippen LogP contribution in [0.1, 0.15) is 27.7 Å². The molecule has 0 amide bonds. The molecule has 3 heteroatoms. The highest BCUT2D eigenvalue weighted by Crippen LogP contribution is 2.01. The quantitative estimate of drug-likeness (QED) is 0.372. The molecule has 0 aromatic rings. The number of allylic oxidation sites excluding steroid dienone is 2. The molecule has 13 heavy (non-hydrogen) atoms. The highest BCUT2D eigenvalue weighted by Gasteiger charge is 2.12. The number of esters is 2. The third-order valence-electron chi connectivity index (χ3n) is 1.70. The van der Waals surface area contributed by atoms with Crippen LogP contribution in [0.4, 0.5) is 0 Å². The molecule has 0 saturated heterocycles. The Bertz CT molecular complexity index is 244. The molecule has 0 aliphatic rings. The van der Waals surface area contributed by atoms with Gasteiger partial charge in [-0.1, -0.05) is 12.2 Å². The van der Waals surface area contributed by atoms with Crippen LogP contribution in [-0.2, 0) is 14.3 Å². The van der Waals surface area contributed by atoms with Crippen molar-refractivity contribution in [1.82, 2.24) is 0 Å². The third kappa shape index (κ3) is 3.69. The Morgan fingerprint density at radius 1 is 0.923 bits per heavy atom. The van der Waals surface area contributed by atoms with E-state index < -0.39 is 11.9 Å². The van der Waals surface area contributed by atoms with Crippen LogP contribution in [0.25, 0.3) is 0 Å². The van der Waals surface area contributed by atoms with E-state index in [9.17, 15) is 9.59 Å². The van der Waals surface area contributed by atoms with E-state index >= 15 is 0 Å². The summed E-state index contributed by atoms with van der Waals surface area (Å²) < 4.78 is 4.54. The molecular formula is C10H14O3. The lowest BCUT2D eigenvalue weighted by Gasteiger charge is -2.01. The molecule has 0 aromatic carbocycles. The van der Waals surface area contributed by atoms with Gasteiger partial charge < -0.3 is 4.74 Å². The van der Waals surface area contributed by atoms with Crippen LogP contribution in [0.15, 0.2) is 23.3 Å². The highest BCUT2D eigenvalue weighted by atomic mass is 16.6. The Hall–Kier alpha value is -1.38. The minimum Gasteiger partial charge on any atom is -0.386 e. The zero-order valence-electron chi connectivity index (χ0n) is 8.38. The normalized spacial score (nSPS) is 12.6. The number of carbonyl (C=O) groups excluding carboxylic acids is 2. The first-order chi connectivity index (χ1) is 6.02. The Morgan fingerprint density at radius 3 is 1.46 bits per heavy atom. The van der Waals surface area contributed by atoms with E-state index in [-0.39, 0.29) is 0 Å². The fourth-order valence-electron chi connectivity index (χ4n) is 0.481. The van der Waals surface area contributed by atoms with Gasteiger partial charge in [-0.2, -0.15) is 0 Å². The average Bonchev–Trinajstić information content (AvgIpc) is 2.14. The predicted octanol–water partition coefficient (Wildman–Crippen LogP) is 1.99. The van der Waals surface area contributed by atoms with E-state index in [0.717, 1.165) is 0 Å². The monoisotopic (exact) mass is 182 g/mol. The van der Waals surface area contributed by atoms with E-state index in [1.807, 2.05) is 0 Å². The van der Waals surface area contributed by atoms with Crippen LogP contribution in [-0.4, -0.2) is 11.9 Å². The molecule has 72 valence electrons. The smallest absolute Gasteiger partial charge is 0.341 e. The van der Waals surface area contributed by atoms with Gasteiger partial charge in [0.1, 0.15) is 0 Å². The van der Waals surface area contributed by atoms with Gasteiger partial charge in [0, 0.05) is 11.1 Å². The summed E-state index contributed by atoms with van der Waals surface area (Å²) in [6.07, 6.45) is 3.20. The molecule has 0 spiro atoms. The third-order valence-corrected chi connectivity index (χ3v) is 1.70. The van der Waals surface area contributed by atoms with Gasteiger partial charge in [0.05, 0.1) is 0 Å². The van der Waals surface area contributed by atoms with Crippen LogP contribution < -0.4 is 0 Å². The van der Waals surface area contributed by atoms with Gasteiger partial charge in [-0.25, -0.2) is 9.59 Å². The second-order valence-electron chi connectivity index (χ2n) is 2.62. The van der Waals surface area contributed by atoms with E-state index in [2.05, 4.69) is 4.74 Å².